The first kappa shape index (κ1) is 2.30. The van der Waals surface area contributed by atoms with Gasteiger partial charge in [-0.3, -0.25) is 0 Å². The second-order valence-electron chi connectivity index (χ2n) is 0.854. The molecule has 4 heteroatoms. The van der Waals surface area contributed by atoms with Crippen LogP contribution >= 0.6 is 0 Å². The van der Waals surface area contributed by atoms with Crippen LogP contribution in [0.2, 0.25) is 0 Å². The van der Waals surface area contributed by atoms with Gasteiger partial charge in [-0.2, -0.15) is 0 Å². The Morgan fingerprint density at radius 1 is 1.00 bits per heavy atom. The van der Waals surface area contributed by atoms with Crippen molar-refractivity contribution in [3.63, 3.8) is 0 Å². The molecule has 0 aliphatic carbocycles. The van der Waals surface area contributed by atoms with E-state index in [0.717, 1.165) is 14.6 Å². The molecule has 1 rings (SSSR count). The van der Waals surface area contributed by atoms with Gasteiger partial charge < -0.3 is 10.7 Å². The fourth-order valence-corrected chi connectivity index (χ4v) is 0.125. The Morgan fingerprint density at radius 3 is 1.25 bits per heavy atom. The van der Waals surface area contributed by atoms with E-state index in [9.17, 15) is 0 Å². The average molecular weight is 53.7 g/mol. The molecule has 0 spiro atoms. The molecule has 1 heterocycles. The monoisotopic (exact) mass is 54.1 g/mol. The van der Waals surface area contributed by atoms with E-state index in [1.807, 2.05) is 0 Å². The van der Waals surface area contributed by atoms with Gasteiger partial charge >= 0.3 is 0 Å². The molecule has 0 aromatic rings. The zero-order chi connectivity index (χ0) is 2.83. The van der Waals surface area contributed by atoms with Crippen LogP contribution < -0.4 is 10.7 Å². The minimum atomic E-state index is 1.14. The van der Waals surface area contributed by atoms with E-state index >= 15 is 0 Å². The van der Waals surface area contributed by atoms with E-state index < -0.39 is 0 Å². The molecule has 20 valence electrons. The largest absolute Gasteiger partial charge is 0.319 e. The van der Waals surface area contributed by atoms with Crippen molar-refractivity contribution in [2.45, 2.75) is 0 Å². The molecule has 0 aromatic heterocycles. The van der Waals surface area contributed by atoms with Gasteiger partial charge in [0.05, 0.1) is 0 Å². The van der Waals surface area contributed by atoms with Crippen molar-refractivity contribution in [1.82, 2.24) is 10.7 Å². The van der Waals surface area contributed by atoms with Gasteiger partial charge in [-0.05, 0) is 0 Å². The third-order valence-corrected chi connectivity index (χ3v) is 0.500. The maximum absolute atomic E-state index is 2.86. The Morgan fingerprint density at radius 2 is 1.25 bits per heavy atom. The Bertz CT molecular complexity index is 12.0. The molecular formula is H4B2N2. The maximum Gasteiger partial charge on any atom is 0.202 e. The zero-order valence-electron chi connectivity index (χ0n) is 2.41. The first-order valence-electron chi connectivity index (χ1n) is 1.46. The molecule has 2 N–H and O–H groups in total. The van der Waals surface area contributed by atoms with Gasteiger partial charge in [-0.15, -0.1) is 0 Å². The van der Waals surface area contributed by atoms with Gasteiger partial charge in [0.25, 0.3) is 0 Å². The van der Waals surface area contributed by atoms with E-state index in [1.165, 1.54) is 0 Å². The van der Waals surface area contributed by atoms with Gasteiger partial charge in [-0.1, -0.05) is 0 Å². The molecule has 1 aliphatic heterocycles. The molecule has 2 nitrogen and oxygen atoms in total. The summed E-state index contributed by atoms with van der Waals surface area (Å²) < 4.78 is 0. The van der Waals surface area contributed by atoms with Crippen molar-refractivity contribution < 1.29 is 0 Å². The molecule has 4 heavy (non-hydrogen) atoms. The zero-order valence-corrected chi connectivity index (χ0v) is 2.41. The lowest BCUT2D eigenvalue weighted by atomic mass is 9.53. The summed E-state index contributed by atoms with van der Waals surface area (Å²) in [7, 11) is 2.28. The molecule has 0 unspecified atom stereocenters. The van der Waals surface area contributed by atoms with Crippen LogP contribution in [0.15, 0.2) is 0 Å². The molecule has 0 amide bonds. The summed E-state index contributed by atoms with van der Waals surface area (Å²) in [6.07, 6.45) is 0. The molecule has 0 aromatic carbocycles. The summed E-state index contributed by atoms with van der Waals surface area (Å²) in [6.45, 7) is 0. The highest BCUT2D eigenvalue weighted by atomic mass is 15.3. The Hall–Kier alpha value is 0.0499. The van der Waals surface area contributed by atoms with Gasteiger partial charge in [0, 0.05) is 0 Å². The maximum atomic E-state index is 2.86. The van der Waals surface area contributed by atoms with Crippen LogP contribution in [0.3, 0.4) is 0 Å². The second-order valence-corrected chi connectivity index (χ2v) is 0.854. The summed E-state index contributed by atoms with van der Waals surface area (Å²) in [5.74, 6) is 0. The molecule has 0 radical (unpaired) electrons. The van der Waals surface area contributed by atoms with Crippen LogP contribution in [0.1, 0.15) is 0 Å². The number of hydrazine groups is 1. The Kier molecular flexibility index (Phi) is 0.449. The van der Waals surface area contributed by atoms with E-state index in [2.05, 4.69) is 10.7 Å². The van der Waals surface area contributed by atoms with Crippen LogP contribution in [-0.2, 0) is 0 Å². The van der Waals surface area contributed by atoms with Crippen molar-refractivity contribution in [3.05, 3.63) is 0 Å². The fraction of sp³-hybridized carbons (Fsp3) is 0. The van der Waals surface area contributed by atoms with Gasteiger partial charge in [-0.25, -0.2) is 0 Å². The number of nitrogens with one attached hydrogen (secondary N) is 2. The topological polar surface area (TPSA) is 24.1 Å². The summed E-state index contributed by atoms with van der Waals surface area (Å²) in [4.78, 5) is 0. The third kappa shape index (κ3) is 0.138. The van der Waals surface area contributed by atoms with Crippen LogP contribution in [-0.4, -0.2) is 14.6 Å². The van der Waals surface area contributed by atoms with Gasteiger partial charge in [0.1, 0.15) is 0 Å². The first-order valence-corrected chi connectivity index (χ1v) is 1.46. The molecule has 0 bridgehead atoms. The molecule has 1 fully saturated rings. The quantitative estimate of drug-likeness (QED) is 0.304. The number of hydrogen-bond donors (Lipinski definition) is 2. The van der Waals surface area contributed by atoms with Crippen molar-refractivity contribution in [2.75, 3.05) is 0 Å². The van der Waals surface area contributed by atoms with Crippen molar-refractivity contribution in [1.29, 1.82) is 0 Å². The summed E-state index contributed by atoms with van der Waals surface area (Å²) >= 11 is 0. The summed E-state index contributed by atoms with van der Waals surface area (Å²) in [6, 6.07) is 0. The molecule has 1 aliphatic rings. The predicted molar refractivity (Wildman–Crippen MR) is 20.6 cm³/mol. The van der Waals surface area contributed by atoms with Crippen molar-refractivity contribution in [3.8, 4) is 0 Å². The van der Waals surface area contributed by atoms with Crippen molar-refractivity contribution in [2.24, 2.45) is 0 Å². The first-order chi connectivity index (χ1) is 2.00. The van der Waals surface area contributed by atoms with Crippen LogP contribution in [0.25, 0.3) is 0 Å². The molecular weight excluding hydrogens is 49.6 g/mol. The SMILES string of the molecule is B1BNN1. The number of rotatable bonds is 0. The lowest BCUT2D eigenvalue weighted by Gasteiger charge is -2.09. The number of hydrogen-bond acceptors (Lipinski definition) is 2. The van der Waals surface area contributed by atoms with Gasteiger partial charge in [0.15, 0.2) is 0 Å². The minimum absolute atomic E-state index is 1.14. The third-order valence-electron chi connectivity index (χ3n) is 0.500. The summed E-state index contributed by atoms with van der Waals surface area (Å²) in [5.41, 5.74) is 0. The Labute approximate surface area is 26.4 Å². The van der Waals surface area contributed by atoms with E-state index in [0.29, 0.717) is 0 Å². The van der Waals surface area contributed by atoms with Crippen molar-refractivity contribution >= 4 is 14.6 Å². The van der Waals surface area contributed by atoms with E-state index in [-0.39, 0.29) is 0 Å². The average Bonchev–Trinajstić information content (AvgIpc) is 0.722. The van der Waals surface area contributed by atoms with Crippen LogP contribution in [0.5, 0.6) is 0 Å². The Balaban J connectivity index is 2.00. The van der Waals surface area contributed by atoms with Gasteiger partial charge in [0.2, 0.25) is 14.6 Å². The lowest BCUT2D eigenvalue weighted by molar-refractivity contribution is 0.913. The minimum Gasteiger partial charge on any atom is -0.319 e. The summed E-state index contributed by atoms with van der Waals surface area (Å²) in [5, 5.41) is 5.72. The molecule has 0 atom stereocenters. The van der Waals surface area contributed by atoms with Crippen LogP contribution in [0, 0.1) is 0 Å². The molecule has 0 saturated carbocycles. The second kappa shape index (κ2) is 0.781. The molecule has 1 saturated heterocycles. The fourth-order valence-electron chi connectivity index (χ4n) is 0.125. The predicted octanol–water partition coefficient (Wildman–Crippen LogP) is -2.29. The van der Waals surface area contributed by atoms with E-state index in [1.54, 1.807) is 0 Å². The smallest absolute Gasteiger partial charge is 0.202 e. The highest BCUT2D eigenvalue weighted by Crippen LogP contribution is 1.47. The highest BCUT2D eigenvalue weighted by molar-refractivity contribution is 7.01. The van der Waals surface area contributed by atoms with Crippen LogP contribution in [0.4, 0.5) is 0 Å². The highest BCUT2D eigenvalue weighted by Gasteiger charge is 1.98. The standard InChI is InChI=1S/B2H4N2/c1-2-4-3-1/h1-4H. The lowest BCUT2D eigenvalue weighted by Crippen LogP contribution is -2.56. The normalized spacial score (nSPS) is 20.0. The van der Waals surface area contributed by atoms with E-state index in [4.69, 9.17) is 0 Å².